The lowest BCUT2D eigenvalue weighted by Gasteiger charge is -2.31. The van der Waals surface area contributed by atoms with Gasteiger partial charge in [0.25, 0.3) is 0 Å². The van der Waals surface area contributed by atoms with Crippen LogP contribution in [0.15, 0.2) is 62.6 Å². The fourth-order valence-electron chi connectivity index (χ4n) is 4.29. The van der Waals surface area contributed by atoms with Gasteiger partial charge >= 0.3 is 5.76 Å². The molecule has 1 atom stereocenters. The highest BCUT2D eigenvalue weighted by Gasteiger charge is 2.33. The Morgan fingerprint density at radius 2 is 1.97 bits per heavy atom. The third-order valence-electron chi connectivity index (χ3n) is 6.24. The van der Waals surface area contributed by atoms with Gasteiger partial charge in [-0.25, -0.2) is 13.2 Å². The number of nitrogens with one attached hydrogen (secondary N) is 1. The number of fused-ring (bicyclic) bond motifs is 1. The van der Waals surface area contributed by atoms with Crippen molar-refractivity contribution >= 4 is 27.0 Å². The topological polar surface area (TPSA) is 105 Å². The number of likely N-dealkylation sites (N-methyl/N-ethyl adjacent to an activating group) is 1. The van der Waals surface area contributed by atoms with Crippen LogP contribution in [0, 0.1) is 5.92 Å². The zero-order chi connectivity index (χ0) is 24.3. The molecule has 1 saturated heterocycles. The van der Waals surface area contributed by atoms with E-state index in [-0.39, 0.29) is 22.9 Å². The zero-order valence-electron chi connectivity index (χ0n) is 19.4. The monoisotopic (exact) mass is 486 g/mol. The number of sulfonamides is 1. The molecule has 1 aliphatic heterocycles. The smallest absolute Gasteiger partial charge is 0.408 e. The first kappa shape index (κ1) is 24.2. The number of piperidine rings is 1. The molecule has 1 aliphatic rings. The molecule has 0 aliphatic carbocycles. The zero-order valence-corrected chi connectivity index (χ0v) is 20.3. The Morgan fingerprint density at radius 1 is 1.21 bits per heavy atom. The summed E-state index contributed by atoms with van der Waals surface area (Å²) in [6.45, 7) is 2.46. The molecule has 9 nitrogen and oxygen atoms in total. The quantitative estimate of drug-likeness (QED) is 0.521. The van der Waals surface area contributed by atoms with Gasteiger partial charge in [0.05, 0.1) is 16.3 Å². The van der Waals surface area contributed by atoms with Gasteiger partial charge in [-0.15, -0.1) is 0 Å². The van der Waals surface area contributed by atoms with Crippen LogP contribution < -0.4 is 11.1 Å². The Balaban J connectivity index is 1.34. The average molecular weight is 487 g/mol. The first-order valence-electron chi connectivity index (χ1n) is 11.4. The van der Waals surface area contributed by atoms with E-state index in [0.717, 1.165) is 6.54 Å². The predicted molar refractivity (Wildman–Crippen MR) is 129 cm³/mol. The van der Waals surface area contributed by atoms with Gasteiger partial charge in [-0.1, -0.05) is 30.3 Å². The van der Waals surface area contributed by atoms with Crippen LogP contribution in [0.1, 0.15) is 18.4 Å². The summed E-state index contributed by atoms with van der Waals surface area (Å²) in [5.41, 5.74) is 1.95. The van der Waals surface area contributed by atoms with E-state index < -0.39 is 21.7 Å². The number of rotatable bonds is 8. The van der Waals surface area contributed by atoms with Gasteiger partial charge in [0.15, 0.2) is 5.58 Å². The Hall–Kier alpha value is -2.95. The summed E-state index contributed by atoms with van der Waals surface area (Å²) < 4.78 is 34.3. The molecular formula is C24H30N4O5S. The lowest BCUT2D eigenvalue weighted by molar-refractivity contribution is -0.126. The number of nitrogens with zero attached hydrogens (tertiary/aromatic N) is 3. The molecule has 10 heteroatoms. The summed E-state index contributed by atoms with van der Waals surface area (Å²) in [7, 11) is -0.253. The SMILES string of the molecule is CN(CCNC(=O)[C@@H]1CCCN(S(=O)(=O)c2ccc3c(c2)oc(=O)n3C)C1)Cc1ccccc1. The normalized spacial score (nSPS) is 17.3. The lowest BCUT2D eigenvalue weighted by atomic mass is 9.99. The van der Waals surface area contributed by atoms with E-state index >= 15 is 0 Å². The maximum Gasteiger partial charge on any atom is 0.419 e. The molecule has 0 saturated carbocycles. The fraction of sp³-hybridized carbons (Fsp3) is 0.417. The minimum atomic E-state index is -3.82. The Labute approximate surface area is 199 Å². The number of amides is 1. The third-order valence-corrected chi connectivity index (χ3v) is 8.11. The minimum Gasteiger partial charge on any atom is -0.408 e. The van der Waals surface area contributed by atoms with Crippen LogP contribution in [0.2, 0.25) is 0 Å². The van der Waals surface area contributed by atoms with Gasteiger partial charge in [-0.3, -0.25) is 9.36 Å². The van der Waals surface area contributed by atoms with Gasteiger partial charge in [0, 0.05) is 45.8 Å². The van der Waals surface area contributed by atoms with Gasteiger partial charge < -0.3 is 14.6 Å². The van der Waals surface area contributed by atoms with Crippen LogP contribution in [0.3, 0.4) is 0 Å². The van der Waals surface area contributed by atoms with Crippen molar-refractivity contribution in [1.29, 1.82) is 0 Å². The maximum atomic E-state index is 13.2. The van der Waals surface area contributed by atoms with Crippen LogP contribution in [0.5, 0.6) is 0 Å². The van der Waals surface area contributed by atoms with Crippen molar-refractivity contribution in [3.8, 4) is 0 Å². The van der Waals surface area contributed by atoms with E-state index in [2.05, 4.69) is 22.3 Å². The first-order valence-corrected chi connectivity index (χ1v) is 12.8. The molecule has 0 radical (unpaired) electrons. The van der Waals surface area contributed by atoms with Crippen molar-refractivity contribution in [3.63, 3.8) is 0 Å². The summed E-state index contributed by atoms with van der Waals surface area (Å²) in [4.78, 5) is 26.7. The number of hydrogen-bond donors (Lipinski definition) is 1. The van der Waals surface area contributed by atoms with Gasteiger partial charge in [0.1, 0.15) is 0 Å². The van der Waals surface area contributed by atoms with Crippen LogP contribution in [-0.4, -0.2) is 61.3 Å². The molecule has 0 spiro atoms. The third kappa shape index (κ3) is 5.24. The van der Waals surface area contributed by atoms with Crippen molar-refractivity contribution in [2.75, 3.05) is 33.2 Å². The van der Waals surface area contributed by atoms with Crippen molar-refractivity contribution < 1.29 is 17.6 Å². The molecule has 34 heavy (non-hydrogen) atoms. The summed E-state index contributed by atoms with van der Waals surface area (Å²) in [5.74, 6) is -1.08. The Morgan fingerprint density at radius 3 is 2.74 bits per heavy atom. The summed E-state index contributed by atoms with van der Waals surface area (Å²) in [6, 6.07) is 14.5. The molecule has 1 N–H and O–H groups in total. The van der Waals surface area contributed by atoms with Crippen molar-refractivity contribution in [2.45, 2.75) is 24.3 Å². The van der Waals surface area contributed by atoms with Crippen molar-refractivity contribution in [2.24, 2.45) is 13.0 Å². The molecule has 4 rings (SSSR count). The van der Waals surface area contributed by atoms with E-state index in [1.54, 1.807) is 13.1 Å². The second-order valence-corrected chi connectivity index (χ2v) is 10.7. The van der Waals surface area contributed by atoms with Crippen molar-refractivity contribution in [3.05, 3.63) is 64.6 Å². The van der Waals surface area contributed by atoms with Crippen molar-refractivity contribution in [1.82, 2.24) is 19.1 Å². The second kappa shape index (κ2) is 10.1. The number of carbonyl (C=O) groups is 1. The molecular weight excluding hydrogens is 456 g/mol. The second-order valence-electron chi connectivity index (χ2n) is 8.77. The molecule has 0 unspecified atom stereocenters. The first-order chi connectivity index (χ1) is 16.3. The van der Waals surface area contributed by atoms with E-state index in [4.69, 9.17) is 4.42 Å². The largest absolute Gasteiger partial charge is 0.419 e. The van der Waals surface area contributed by atoms with Gasteiger partial charge in [-0.2, -0.15) is 4.31 Å². The van der Waals surface area contributed by atoms with E-state index in [1.165, 1.54) is 26.6 Å². The molecule has 1 fully saturated rings. The fourth-order valence-corrected chi connectivity index (χ4v) is 5.83. The van der Waals surface area contributed by atoms with E-state index in [1.807, 2.05) is 25.2 Å². The van der Waals surface area contributed by atoms with Gasteiger partial charge in [-0.05, 0) is 37.6 Å². The summed E-state index contributed by atoms with van der Waals surface area (Å²) in [6.07, 6.45) is 1.25. The molecule has 2 heterocycles. The molecule has 1 amide bonds. The van der Waals surface area contributed by atoms with Crippen LogP contribution in [-0.2, 0) is 28.4 Å². The number of aryl methyl sites for hydroxylation is 1. The molecule has 3 aromatic rings. The number of aromatic nitrogens is 1. The molecule has 0 bridgehead atoms. The van der Waals surface area contributed by atoms with Gasteiger partial charge in [0.2, 0.25) is 15.9 Å². The highest BCUT2D eigenvalue weighted by Crippen LogP contribution is 2.26. The minimum absolute atomic E-state index is 0.0537. The maximum absolute atomic E-state index is 13.2. The van der Waals surface area contributed by atoms with Crippen LogP contribution >= 0.6 is 0 Å². The molecule has 1 aromatic heterocycles. The Kier molecular flexibility index (Phi) is 7.20. The van der Waals surface area contributed by atoms with E-state index in [9.17, 15) is 18.0 Å². The Bertz CT molecular complexity index is 1320. The molecule has 2 aromatic carbocycles. The number of hydrogen-bond acceptors (Lipinski definition) is 6. The average Bonchev–Trinajstić information content (AvgIpc) is 3.12. The number of carbonyl (C=O) groups excluding carboxylic acids is 1. The number of benzene rings is 2. The molecule has 182 valence electrons. The number of oxazole rings is 1. The summed E-state index contributed by atoms with van der Waals surface area (Å²) in [5, 5.41) is 2.96. The predicted octanol–water partition coefficient (Wildman–Crippen LogP) is 1.78. The highest BCUT2D eigenvalue weighted by molar-refractivity contribution is 7.89. The van der Waals surface area contributed by atoms with E-state index in [0.29, 0.717) is 38.0 Å². The van der Waals surface area contributed by atoms with Crippen LogP contribution in [0.25, 0.3) is 11.1 Å². The van der Waals surface area contributed by atoms with Crippen LogP contribution in [0.4, 0.5) is 0 Å². The highest BCUT2D eigenvalue weighted by atomic mass is 32.2. The standard InChI is InChI=1S/C24H30N4O5S/c1-26(16-18-7-4-3-5-8-18)14-12-25-23(29)19-9-6-13-28(17-19)34(31,32)20-10-11-21-22(15-20)33-24(30)27(21)2/h3-5,7-8,10-11,15,19H,6,9,12-14,16-17H2,1-2H3,(H,25,29)/t19-/m1/s1. The summed E-state index contributed by atoms with van der Waals surface area (Å²) >= 11 is 0. The lowest BCUT2D eigenvalue weighted by Crippen LogP contribution is -2.46.